The van der Waals surface area contributed by atoms with Crippen LogP contribution in [0.4, 0.5) is 0 Å². The van der Waals surface area contributed by atoms with E-state index in [0.717, 1.165) is 36.7 Å². The van der Waals surface area contributed by atoms with Crippen LogP contribution in [0.3, 0.4) is 0 Å². The number of para-hydroxylation sites is 1. The highest BCUT2D eigenvalue weighted by molar-refractivity contribution is 7.11. The molecule has 0 amide bonds. The number of guanidine groups is 1. The van der Waals surface area contributed by atoms with E-state index in [-0.39, 0.29) is 0 Å². The van der Waals surface area contributed by atoms with Gasteiger partial charge in [0.25, 0.3) is 0 Å². The quantitative estimate of drug-likeness (QED) is 0.445. The van der Waals surface area contributed by atoms with Crippen molar-refractivity contribution in [3.63, 3.8) is 0 Å². The lowest BCUT2D eigenvalue weighted by Crippen LogP contribution is -2.37. The van der Waals surface area contributed by atoms with Crippen LogP contribution in [-0.4, -0.2) is 31.6 Å². The van der Waals surface area contributed by atoms with Crippen molar-refractivity contribution >= 4 is 17.3 Å². The second kappa shape index (κ2) is 9.57. The number of hydrogen-bond acceptors (Lipinski definition) is 4. The highest BCUT2D eigenvalue weighted by atomic mass is 32.1. The molecule has 0 radical (unpaired) electrons. The molecule has 0 aliphatic heterocycles. The first kappa shape index (κ1) is 18.7. The molecule has 1 aliphatic carbocycles. The molecule has 2 N–H and O–H groups in total. The molecule has 5 nitrogen and oxygen atoms in total. The number of aromatic nitrogens is 1. The van der Waals surface area contributed by atoms with Gasteiger partial charge in [0.1, 0.15) is 5.75 Å². The van der Waals surface area contributed by atoms with Crippen LogP contribution >= 0.6 is 11.3 Å². The molecule has 0 unspecified atom stereocenters. The Hall–Kier alpha value is -2.08. The first-order chi connectivity index (χ1) is 12.8. The van der Waals surface area contributed by atoms with Crippen molar-refractivity contribution in [2.75, 3.05) is 20.7 Å². The largest absolute Gasteiger partial charge is 0.496 e. The van der Waals surface area contributed by atoms with Crippen molar-refractivity contribution in [3.05, 3.63) is 45.4 Å². The Morgan fingerprint density at radius 2 is 2.08 bits per heavy atom. The first-order valence-corrected chi connectivity index (χ1v) is 10.2. The van der Waals surface area contributed by atoms with Gasteiger partial charge in [0.05, 0.1) is 17.8 Å². The number of aryl methyl sites for hydroxylation is 3. The average Bonchev–Trinajstić information content (AvgIpc) is 3.10. The molecule has 0 atom stereocenters. The Labute approximate surface area is 159 Å². The highest BCUT2D eigenvalue weighted by Crippen LogP contribution is 2.27. The van der Waals surface area contributed by atoms with Crippen molar-refractivity contribution in [1.29, 1.82) is 0 Å². The van der Waals surface area contributed by atoms with E-state index in [1.54, 1.807) is 14.2 Å². The molecular weight excluding hydrogens is 344 g/mol. The van der Waals surface area contributed by atoms with Crippen LogP contribution in [0.2, 0.25) is 0 Å². The van der Waals surface area contributed by atoms with Crippen LogP contribution in [0.5, 0.6) is 5.75 Å². The lowest BCUT2D eigenvalue weighted by Gasteiger charge is -2.13. The number of methoxy groups -OCH3 is 1. The predicted molar refractivity (Wildman–Crippen MR) is 108 cm³/mol. The van der Waals surface area contributed by atoms with Gasteiger partial charge in [-0.1, -0.05) is 18.2 Å². The molecule has 6 heteroatoms. The van der Waals surface area contributed by atoms with E-state index in [0.29, 0.717) is 6.54 Å². The maximum atomic E-state index is 5.39. The monoisotopic (exact) mass is 372 g/mol. The van der Waals surface area contributed by atoms with Gasteiger partial charge in [-0.3, -0.25) is 4.99 Å². The minimum atomic E-state index is 0.683. The number of fused-ring (bicyclic) bond motifs is 1. The van der Waals surface area contributed by atoms with E-state index in [1.807, 2.05) is 29.5 Å². The summed E-state index contributed by atoms with van der Waals surface area (Å²) in [6.45, 7) is 1.57. The zero-order valence-corrected chi connectivity index (χ0v) is 16.5. The van der Waals surface area contributed by atoms with Gasteiger partial charge in [0.2, 0.25) is 0 Å². The second-order valence-corrected chi connectivity index (χ2v) is 7.62. The predicted octanol–water partition coefficient (Wildman–Crippen LogP) is 3.33. The highest BCUT2D eigenvalue weighted by Gasteiger charge is 2.14. The Morgan fingerprint density at radius 3 is 2.88 bits per heavy atom. The van der Waals surface area contributed by atoms with Crippen LogP contribution in [0.1, 0.15) is 40.4 Å². The van der Waals surface area contributed by atoms with Crippen molar-refractivity contribution in [2.24, 2.45) is 4.99 Å². The topological polar surface area (TPSA) is 58.5 Å². The van der Waals surface area contributed by atoms with Gasteiger partial charge < -0.3 is 15.4 Å². The number of aliphatic imine (C=N–C) groups is 1. The third-order valence-corrected chi connectivity index (χ3v) is 5.83. The van der Waals surface area contributed by atoms with E-state index >= 15 is 0 Å². The molecule has 0 saturated carbocycles. The van der Waals surface area contributed by atoms with Crippen LogP contribution in [0, 0.1) is 0 Å². The number of ether oxygens (including phenoxy) is 1. The lowest BCUT2D eigenvalue weighted by molar-refractivity contribution is 0.409. The van der Waals surface area contributed by atoms with Gasteiger partial charge in [-0.2, -0.15) is 0 Å². The summed E-state index contributed by atoms with van der Waals surface area (Å²) < 4.78 is 5.39. The smallest absolute Gasteiger partial charge is 0.191 e. The van der Waals surface area contributed by atoms with E-state index in [9.17, 15) is 0 Å². The van der Waals surface area contributed by atoms with Crippen LogP contribution in [0.25, 0.3) is 0 Å². The summed E-state index contributed by atoms with van der Waals surface area (Å²) in [5.74, 6) is 1.71. The summed E-state index contributed by atoms with van der Waals surface area (Å²) >= 11 is 1.91. The van der Waals surface area contributed by atoms with E-state index in [2.05, 4.69) is 21.7 Å². The van der Waals surface area contributed by atoms with Gasteiger partial charge >= 0.3 is 0 Å². The van der Waals surface area contributed by atoms with Gasteiger partial charge in [0.15, 0.2) is 5.96 Å². The van der Waals surface area contributed by atoms with E-state index < -0.39 is 0 Å². The maximum absolute atomic E-state index is 5.39. The standard InChI is InChI=1S/C20H28N4OS/c1-21-20(23-14-15-8-3-5-10-17(15)25-2)22-13-7-12-19-24-16-9-4-6-11-18(16)26-19/h3,5,8,10H,4,6-7,9,11-14H2,1-2H3,(H2,21,22,23). The molecule has 140 valence electrons. The molecule has 1 aliphatic rings. The zero-order chi connectivity index (χ0) is 18.2. The molecule has 0 fully saturated rings. The molecule has 2 aromatic rings. The van der Waals surface area contributed by atoms with E-state index in [1.165, 1.54) is 41.3 Å². The minimum absolute atomic E-state index is 0.683. The third-order valence-electron chi connectivity index (χ3n) is 4.61. The summed E-state index contributed by atoms with van der Waals surface area (Å²) in [5, 5.41) is 8.02. The average molecular weight is 373 g/mol. The molecule has 0 spiro atoms. The minimum Gasteiger partial charge on any atom is -0.496 e. The van der Waals surface area contributed by atoms with Gasteiger partial charge in [-0.25, -0.2) is 4.98 Å². The fraction of sp³-hybridized carbons (Fsp3) is 0.500. The fourth-order valence-electron chi connectivity index (χ4n) is 3.21. The maximum Gasteiger partial charge on any atom is 0.191 e. The Morgan fingerprint density at radius 1 is 1.23 bits per heavy atom. The summed E-state index contributed by atoms with van der Waals surface area (Å²) in [6.07, 6.45) is 7.11. The number of nitrogens with zero attached hydrogens (tertiary/aromatic N) is 2. The number of nitrogens with one attached hydrogen (secondary N) is 2. The Balaban J connectivity index is 1.41. The number of benzene rings is 1. The molecule has 1 aromatic heterocycles. The Kier molecular flexibility index (Phi) is 6.89. The first-order valence-electron chi connectivity index (χ1n) is 9.34. The van der Waals surface area contributed by atoms with Gasteiger partial charge in [-0.05, 0) is 38.2 Å². The van der Waals surface area contributed by atoms with Crippen LogP contribution < -0.4 is 15.4 Å². The van der Waals surface area contributed by atoms with Crippen LogP contribution in [-0.2, 0) is 25.8 Å². The summed E-state index contributed by atoms with van der Waals surface area (Å²) in [6, 6.07) is 8.03. The Bertz CT molecular complexity index is 718. The SMILES string of the molecule is CN=C(NCCCc1nc2c(s1)CCCC2)NCc1ccccc1OC. The third kappa shape index (κ3) is 4.97. The van der Waals surface area contributed by atoms with E-state index in [4.69, 9.17) is 9.72 Å². The second-order valence-electron chi connectivity index (χ2n) is 6.45. The van der Waals surface area contributed by atoms with Crippen molar-refractivity contribution in [2.45, 2.75) is 45.1 Å². The molecule has 0 bridgehead atoms. The summed E-state index contributed by atoms with van der Waals surface area (Å²) in [4.78, 5) is 10.6. The summed E-state index contributed by atoms with van der Waals surface area (Å²) in [7, 11) is 3.49. The number of thiazole rings is 1. The van der Waals surface area contributed by atoms with Gasteiger partial charge in [0, 0.05) is 37.0 Å². The fourth-order valence-corrected chi connectivity index (χ4v) is 4.41. The number of hydrogen-bond donors (Lipinski definition) is 2. The molecular formula is C20H28N4OS. The molecule has 1 heterocycles. The van der Waals surface area contributed by atoms with Crippen molar-refractivity contribution in [3.8, 4) is 5.75 Å². The molecule has 0 saturated heterocycles. The lowest BCUT2D eigenvalue weighted by atomic mass is 10.0. The van der Waals surface area contributed by atoms with Gasteiger partial charge in [-0.15, -0.1) is 11.3 Å². The molecule has 3 rings (SSSR count). The van der Waals surface area contributed by atoms with Crippen molar-refractivity contribution in [1.82, 2.24) is 15.6 Å². The van der Waals surface area contributed by atoms with Crippen molar-refractivity contribution < 1.29 is 4.74 Å². The summed E-state index contributed by atoms with van der Waals surface area (Å²) in [5.41, 5.74) is 2.48. The van der Waals surface area contributed by atoms with Crippen LogP contribution in [0.15, 0.2) is 29.3 Å². The molecule has 26 heavy (non-hydrogen) atoms. The number of rotatable bonds is 7. The normalized spacial score (nSPS) is 14.0. The zero-order valence-electron chi connectivity index (χ0n) is 15.7. The molecule has 1 aromatic carbocycles.